The average Bonchev–Trinajstić information content (AvgIpc) is 2.55. The van der Waals surface area contributed by atoms with Gasteiger partial charge in [-0.25, -0.2) is 9.78 Å². The number of carbonyl (C=O) groups excluding carboxylic acids is 1. The zero-order valence-electron chi connectivity index (χ0n) is 8.45. The summed E-state index contributed by atoms with van der Waals surface area (Å²) in [7, 11) is 1.30. The van der Waals surface area contributed by atoms with Crippen LogP contribution in [0.5, 0.6) is 0 Å². The van der Waals surface area contributed by atoms with Crippen molar-refractivity contribution in [2.45, 2.75) is 12.7 Å². The maximum atomic E-state index is 11.8. The summed E-state index contributed by atoms with van der Waals surface area (Å²) in [4.78, 5) is 24.4. The molecule has 1 heterocycles. The number of aromatic carboxylic acids is 1. The molecular weight excluding hydrogens is 245 g/mol. The standard InChI is InChI=1S/C7H7F3N4O3/c1-14-3(12-4(13-14)5(15)16)2-11-6(17)7(8,9)10/h2H2,1H3,(H,11,17)(H,15,16). The van der Waals surface area contributed by atoms with Crippen LogP contribution in [0.4, 0.5) is 13.2 Å². The number of halogens is 3. The van der Waals surface area contributed by atoms with Gasteiger partial charge in [0.2, 0.25) is 0 Å². The number of carbonyl (C=O) groups is 2. The third-order valence-corrected chi connectivity index (χ3v) is 1.71. The minimum Gasteiger partial charge on any atom is -0.475 e. The molecule has 0 fully saturated rings. The summed E-state index contributed by atoms with van der Waals surface area (Å²) < 4.78 is 36.5. The van der Waals surface area contributed by atoms with Gasteiger partial charge in [0.1, 0.15) is 5.82 Å². The average molecular weight is 252 g/mol. The molecular formula is C7H7F3N4O3. The molecule has 0 bridgehead atoms. The number of hydrogen-bond acceptors (Lipinski definition) is 4. The van der Waals surface area contributed by atoms with Crippen LogP contribution in [0.15, 0.2) is 0 Å². The van der Waals surface area contributed by atoms with Crippen molar-refractivity contribution >= 4 is 11.9 Å². The summed E-state index contributed by atoms with van der Waals surface area (Å²) in [5.74, 6) is -4.19. The lowest BCUT2D eigenvalue weighted by molar-refractivity contribution is -0.173. The van der Waals surface area contributed by atoms with E-state index in [-0.39, 0.29) is 5.82 Å². The molecule has 0 aliphatic rings. The van der Waals surface area contributed by atoms with E-state index in [0.29, 0.717) is 0 Å². The molecule has 0 radical (unpaired) electrons. The minimum atomic E-state index is -4.99. The van der Waals surface area contributed by atoms with Crippen LogP contribution in [0, 0.1) is 0 Å². The lowest BCUT2D eigenvalue weighted by Gasteiger charge is -2.06. The highest BCUT2D eigenvalue weighted by Gasteiger charge is 2.38. The Morgan fingerprint density at radius 3 is 2.47 bits per heavy atom. The molecule has 1 aromatic rings. The molecule has 0 atom stereocenters. The molecule has 1 amide bonds. The van der Waals surface area contributed by atoms with Gasteiger partial charge >= 0.3 is 18.1 Å². The number of carboxylic acids is 1. The first-order valence-corrected chi connectivity index (χ1v) is 4.20. The second-order valence-corrected chi connectivity index (χ2v) is 2.96. The van der Waals surface area contributed by atoms with E-state index in [4.69, 9.17) is 5.11 Å². The molecule has 1 rings (SSSR count). The molecule has 0 saturated carbocycles. The van der Waals surface area contributed by atoms with Gasteiger partial charge in [0.05, 0.1) is 6.54 Å². The summed E-state index contributed by atoms with van der Waals surface area (Å²) in [6.07, 6.45) is -4.99. The molecule has 0 aromatic carbocycles. The molecule has 0 spiro atoms. The SMILES string of the molecule is Cn1nc(C(=O)O)nc1CNC(=O)C(F)(F)F. The van der Waals surface area contributed by atoms with Crippen LogP contribution in [-0.2, 0) is 18.4 Å². The molecule has 0 aliphatic heterocycles. The van der Waals surface area contributed by atoms with E-state index in [9.17, 15) is 22.8 Å². The number of hydrogen-bond donors (Lipinski definition) is 2. The largest absolute Gasteiger partial charge is 0.475 e. The molecule has 0 saturated heterocycles. The predicted molar refractivity (Wildman–Crippen MR) is 45.9 cm³/mol. The second-order valence-electron chi connectivity index (χ2n) is 2.96. The van der Waals surface area contributed by atoms with Gasteiger partial charge in [-0.2, -0.15) is 13.2 Å². The van der Waals surface area contributed by atoms with Crippen LogP contribution in [0.25, 0.3) is 0 Å². The second kappa shape index (κ2) is 4.39. The van der Waals surface area contributed by atoms with Gasteiger partial charge in [0.25, 0.3) is 5.82 Å². The molecule has 2 N–H and O–H groups in total. The summed E-state index contributed by atoms with van der Waals surface area (Å²) in [5.41, 5.74) is 0. The lowest BCUT2D eigenvalue weighted by atomic mass is 10.5. The highest BCUT2D eigenvalue weighted by Crippen LogP contribution is 2.14. The van der Waals surface area contributed by atoms with Crippen molar-refractivity contribution < 1.29 is 27.9 Å². The quantitative estimate of drug-likeness (QED) is 0.769. The Bertz CT molecular complexity index is 454. The summed E-state index contributed by atoms with van der Waals surface area (Å²) in [6, 6.07) is 0. The fourth-order valence-electron chi connectivity index (χ4n) is 0.921. The van der Waals surface area contributed by atoms with Crippen LogP contribution in [0.1, 0.15) is 16.4 Å². The number of rotatable bonds is 3. The molecule has 10 heteroatoms. The highest BCUT2D eigenvalue weighted by molar-refractivity contribution is 5.83. The fourth-order valence-corrected chi connectivity index (χ4v) is 0.921. The van der Waals surface area contributed by atoms with Crippen LogP contribution >= 0.6 is 0 Å². The van der Waals surface area contributed by atoms with Gasteiger partial charge in [-0.05, 0) is 0 Å². The normalized spacial score (nSPS) is 11.3. The van der Waals surface area contributed by atoms with Crippen molar-refractivity contribution in [3.63, 3.8) is 0 Å². The van der Waals surface area contributed by atoms with E-state index >= 15 is 0 Å². The maximum absolute atomic E-state index is 11.8. The Morgan fingerprint density at radius 1 is 1.47 bits per heavy atom. The van der Waals surface area contributed by atoms with Crippen molar-refractivity contribution in [3.8, 4) is 0 Å². The molecule has 0 unspecified atom stereocenters. The number of aryl methyl sites for hydroxylation is 1. The Balaban J connectivity index is 2.70. The summed E-state index contributed by atoms with van der Waals surface area (Å²) in [5, 5.41) is 13.5. The van der Waals surface area contributed by atoms with E-state index in [1.807, 2.05) is 0 Å². The Morgan fingerprint density at radius 2 is 2.06 bits per heavy atom. The molecule has 1 aromatic heterocycles. The molecule has 0 aliphatic carbocycles. The number of nitrogens with zero attached hydrogens (tertiary/aromatic N) is 3. The van der Waals surface area contributed by atoms with Crippen molar-refractivity contribution in [2.75, 3.05) is 0 Å². The number of carboxylic acid groups (broad SMARTS) is 1. The zero-order chi connectivity index (χ0) is 13.2. The fraction of sp³-hybridized carbons (Fsp3) is 0.429. The molecule has 94 valence electrons. The third-order valence-electron chi connectivity index (χ3n) is 1.71. The zero-order valence-corrected chi connectivity index (χ0v) is 8.45. The van der Waals surface area contributed by atoms with Gasteiger partial charge in [-0.15, -0.1) is 5.10 Å². The van der Waals surface area contributed by atoms with Crippen molar-refractivity contribution in [1.82, 2.24) is 20.1 Å². The van der Waals surface area contributed by atoms with Gasteiger partial charge in [-0.1, -0.05) is 0 Å². The Labute approximate surface area is 92.2 Å². The topological polar surface area (TPSA) is 97.1 Å². The van der Waals surface area contributed by atoms with Crippen LogP contribution in [0.3, 0.4) is 0 Å². The summed E-state index contributed by atoms with van der Waals surface area (Å²) in [6.45, 7) is -0.560. The first-order chi connectivity index (χ1) is 7.71. The van der Waals surface area contributed by atoms with E-state index in [2.05, 4.69) is 10.1 Å². The number of alkyl halides is 3. The van der Waals surface area contributed by atoms with Crippen LogP contribution < -0.4 is 5.32 Å². The third kappa shape index (κ3) is 3.16. The van der Waals surface area contributed by atoms with E-state index in [0.717, 1.165) is 4.68 Å². The maximum Gasteiger partial charge on any atom is 0.471 e. The number of aromatic nitrogens is 3. The monoisotopic (exact) mass is 252 g/mol. The van der Waals surface area contributed by atoms with Gasteiger partial charge < -0.3 is 10.4 Å². The van der Waals surface area contributed by atoms with Crippen molar-refractivity contribution in [1.29, 1.82) is 0 Å². The van der Waals surface area contributed by atoms with E-state index in [1.54, 1.807) is 5.32 Å². The van der Waals surface area contributed by atoms with Crippen molar-refractivity contribution in [2.24, 2.45) is 7.05 Å². The smallest absolute Gasteiger partial charge is 0.471 e. The van der Waals surface area contributed by atoms with E-state index < -0.39 is 30.4 Å². The van der Waals surface area contributed by atoms with E-state index in [1.165, 1.54) is 7.05 Å². The molecule has 7 nitrogen and oxygen atoms in total. The van der Waals surface area contributed by atoms with Crippen molar-refractivity contribution in [3.05, 3.63) is 11.6 Å². The van der Waals surface area contributed by atoms with Gasteiger partial charge in [0, 0.05) is 7.05 Å². The first kappa shape index (κ1) is 12.9. The first-order valence-electron chi connectivity index (χ1n) is 4.20. The van der Waals surface area contributed by atoms with Gasteiger partial charge in [0.15, 0.2) is 0 Å². The Hall–Kier alpha value is -2.13. The highest BCUT2D eigenvalue weighted by atomic mass is 19.4. The predicted octanol–water partition coefficient (Wildman–Crippen LogP) is -0.308. The summed E-state index contributed by atoms with van der Waals surface area (Å²) >= 11 is 0. The number of nitrogens with one attached hydrogen (secondary N) is 1. The van der Waals surface area contributed by atoms with Crippen LogP contribution in [0.2, 0.25) is 0 Å². The lowest BCUT2D eigenvalue weighted by Crippen LogP contribution is -2.36. The Kier molecular flexibility index (Phi) is 3.34. The molecule has 17 heavy (non-hydrogen) atoms. The van der Waals surface area contributed by atoms with Crippen LogP contribution in [-0.4, -0.2) is 37.9 Å². The minimum absolute atomic E-state index is 0.0972. The van der Waals surface area contributed by atoms with Gasteiger partial charge in [-0.3, -0.25) is 9.48 Å². The number of amides is 1.